The van der Waals surface area contributed by atoms with E-state index in [9.17, 15) is 24.0 Å². The van der Waals surface area contributed by atoms with Gasteiger partial charge in [-0.15, -0.1) is 0 Å². The molecule has 1 aromatic rings. The van der Waals surface area contributed by atoms with E-state index >= 15 is 0 Å². The number of aromatic nitrogens is 1. The zero-order valence-electron chi connectivity index (χ0n) is 22.7. The lowest BCUT2D eigenvalue weighted by molar-refractivity contribution is -0.146. The number of pyridine rings is 1. The van der Waals surface area contributed by atoms with Crippen LogP contribution in [0.2, 0.25) is 0 Å². The van der Waals surface area contributed by atoms with E-state index in [0.717, 1.165) is 32.1 Å². The number of hydrogen-bond acceptors (Lipinski definition) is 7. The molecule has 3 unspecified atom stereocenters. The number of methoxy groups -OCH3 is 1. The standard InChI is InChI=1S/C27H40N4O7/c1-27(2,3)38-26(36)30-19-11-8-14-31(24(19)34)21(15-17-9-6-5-7-10-17)23(33)29-20(25(35)37-4)16-18-12-13-28-22(18)32/h8,11,14,17-18,20-21H,5-7,9-10,12-13,15-16H2,1-4H3,(H,28,32)(H,29,33)(H,30,36). The van der Waals surface area contributed by atoms with Gasteiger partial charge >= 0.3 is 12.1 Å². The predicted octanol–water partition coefficient (Wildman–Crippen LogP) is 2.89. The molecule has 1 aromatic heterocycles. The van der Waals surface area contributed by atoms with Crippen molar-refractivity contribution in [3.05, 3.63) is 28.7 Å². The third-order valence-electron chi connectivity index (χ3n) is 7.02. The highest BCUT2D eigenvalue weighted by Gasteiger charge is 2.35. The molecule has 3 atom stereocenters. The SMILES string of the molecule is COC(=O)C(CC1CCNC1=O)NC(=O)C(CC1CCCCC1)n1cccc(NC(=O)OC(C)(C)C)c1=O. The van der Waals surface area contributed by atoms with Crippen LogP contribution in [0.4, 0.5) is 10.5 Å². The minimum Gasteiger partial charge on any atom is -0.467 e. The van der Waals surface area contributed by atoms with Crippen molar-refractivity contribution in [1.29, 1.82) is 0 Å². The maximum Gasteiger partial charge on any atom is 0.412 e. The molecule has 0 spiro atoms. The third kappa shape index (κ3) is 8.06. The Morgan fingerprint density at radius 3 is 2.42 bits per heavy atom. The number of anilines is 1. The van der Waals surface area contributed by atoms with Gasteiger partial charge in [-0.2, -0.15) is 0 Å². The Morgan fingerprint density at radius 1 is 1.11 bits per heavy atom. The molecule has 3 N–H and O–H groups in total. The summed E-state index contributed by atoms with van der Waals surface area (Å²) in [7, 11) is 1.23. The van der Waals surface area contributed by atoms with Gasteiger partial charge in [0, 0.05) is 18.7 Å². The van der Waals surface area contributed by atoms with E-state index in [1.165, 1.54) is 23.9 Å². The maximum absolute atomic E-state index is 13.7. The van der Waals surface area contributed by atoms with Crippen molar-refractivity contribution < 1.29 is 28.7 Å². The molecule has 38 heavy (non-hydrogen) atoms. The number of rotatable bonds is 9. The molecule has 3 rings (SSSR count). The summed E-state index contributed by atoms with van der Waals surface area (Å²) in [5, 5.41) is 7.98. The van der Waals surface area contributed by atoms with Crippen LogP contribution in [0.1, 0.15) is 78.2 Å². The molecule has 1 saturated heterocycles. The quantitative estimate of drug-likeness (QED) is 0.415. The Balaban J connectivity index is 1.87. The topological polar surface area (TPSA) is 145 Å². The first-order chi connectivity index (χ1) is 18.0. The normalized spacial score (nSPS) is 19.7. The summed E-state index contributed by atoms with van der Waals surface area (Å²) < 4.78 is 11.5. The second-order valence-corrected chi connectivity index (χ2v) is 11.1. The van der Waals surface area contributed by atoms with E-state index in [1.807, 2.05) is 0 Å². The highest BCUT2D eigenvalue weighted by molar-refractivity contribution is 5.88. The molecule has 0 aromatic carbocycles. The van der Waals surface area contributed by atoms with Crippen molar-refractivity contribution in [1.82, 2.24) is 15.2 Å². The van der Waals surface area contributed by atoms with Gasteiger partial charge in [0.05, 0.1) is 7.11 Å². The monoisotopic (exact) mass is 532 g/mol. The predicted molar refractivity (Wildman–Crippen MR) is 140 cm³/mol. The van der Waals surface area contributed by atoms with Crippen molar-refractivity contribution in [3.8, 4) is 0 Å². The van der Waals surface area contributed by atoms with Gasteiger partial charge in [0.1, 0.15) is 23.4 Å². The Morgan fingerprint density at radius 2 is 1.82 bits per heavy atom. The van der Waals surface area contributed by atoms with E-state index in [0.29, 0.717) is 19.4 Å². The van der Waals surface area contributed by atoms with Gasteiger partial charge in [-0.3, -0.25) is 19.7 Å². The molecule has 1 saturated carbocycles. The minimum absolute atomic E-state index is 0.0182. The second kappa shape index (κ2) is 12.9. The van der Waals surface area contributed by atoms with Crippen LogP contribution in [0.5, 0.6) is 0 Å². The van der Waals surface area contributed by atoms with Gasteiger partial charge in [-0.05, 0) is 58.1 Å². The second-order valence-electron chi connectivity index (χ2n) is 11.1. The molecular formula is C27H40N4O7. The molecule has 2 fully saturated rings. The van der Waals surface area contributed by atoms with E-state index in [2.05, 4.69) is 16.0 Å². The van der Waals surface area contributed by atoms with Crippen LogP contribution < -0.4 is 21.5 Å². The third-order valence-corrected chi connectivity index (χ3v) is 7.02. The number of ether oxygens (including phenoxy) is 2. The number of esters is 1. The summed E-state index contributed by atoms with van der Waals surface area (Å²) >= 11 is 0. The lowest BCUT2D eigenvalue weighted by Crippen LogP contribution is -2.48. The molecular weight excluding hydrogens is 492 g/mol. The molecule has 0 radical (unpaired) electrons. The largest absolute Gasteiger partial charge is 0.467 e. The first-order valence-electron chi connectivity index (χ1n) is 13.4. The summed E-state index contributed by atoms with van der Waals surface area (Å²) in [6.45, 7) is 5.66. The first kappa shape index (κ1) is 29.2. The smallest absolute Gasteiger partial charge is 0.412 e. The summed E-state index contributed by atoms with van der Waals surface area (Å²) in [5.74, 6) is -1.52. The van der Waals surface area contributed by atoms with Gasteiger partial charge in [0.25, 0.3) is 5.56 Å². The fraction of sp³-hybridized carbons (Fsp3) is 0.667. The van der Waals surface area contributed by atoms with Crippen LogP contribution in [0.3, 0.4) is 0 Å². The van der Waals surface area contributed by atoms with Crippen LogP contribution in [0.15, 0.2) is 23.1 Å². The maximum atomic E-state index is 13.7. The van der Waals surface area contributed by atoms with Crippen molar-refractivity contribution in [3.63, 3.8) is 0 Å². The van der Waals surface area contributed by atoms with Crippen LogP contribution in [-0.2, 0) is 23.9 Å². The van der Waals surface area contributed by atoms with Gasteiger partial charge in [0.15, 0.2) is 0 Å². The van der Waals surface area contributed by atoms with E-state index in [4.69, 9.17) is 9.47 Å². The highest BCUT2D eigenvalue weighted by Crippen LogP contribution is 2.31. The zero-order valence-corrected chi connectivity index (χ0v) is 22.7. The average molecular weight is 533 g/mol. The zero-order chi connectivity index (χ0) is 27.9. The fourth-order valence-corrected chi connectivity index (χ4v) is 5.13. The van der Waals surface area contributed by atoms with E-state index in [-0.39, 0.29) is 23.9 Å². The summed E-state index contributed by atoms with van der Waals surface area (Å²) in [6.07, 6.45) is 6.92. The van der Waals surface area contributed by atoms with Gasteiger partial charge in [0.2, 0.25) is 11.8 Å². The summed E-state index contributed by atoms with van der Waals surface area (Å²) in [5.41, 5.74) is -1.32. The van der Waals surface area contributed by atoms with Crippen LogP contribution >= 0.6 is 0 Å². The molecule has 3 amide bonds. The molecule has 2 heterocycles. The molecule has 11 heteroatoms. The molecule has 1 aliphatic heterocycles. The Hall–Kier alpha value is -3.37. The number of hydrogen-bond donors (Lipinski definition) is 3. The Bertz CT molecular complexity index is 1070. The summed E-state index contributed by atoms with van der Waals surface area (Å²) in [4.78, 5) is 64.1. The van der Waals surface area contributed by atoms with Crippen molar-refractivity contribution in [2.24, 2.45) is 11.8 Å². The van der Waals surface area contributed by atoms with Crippen molar-refractivity contribution in [2.75, 3.05) is 19.0 Å². The van der Waals surface area contributed by atoms with Crippen molar-refractivity contribution in [2.45, 2.75) is 89.8 Å². The molecule has 11 nitrogen and oxygen atoms in total. The number of amides is 3. The lowest BCUT2D eigenvalue weighted by Gasteiger charge is -2.29. The molecule has 2 aliphatic rings. The van der Waals surface area contributed by atoms with E-state index in [1.54, 1.807) is 26.8 Å². The van der Waals surface area contributed by atoms with Gasteiger partial charge in [-0.25, -0.2) is 9.59 Å². The summed E-state index contributed by atoms with van der Waals surface area (Å²) in [6, 6.07) is 1.08. The number of nitrogens with zero attached hydrogens (tertiary/aromatic N) is 1. The van der Waals surface area contributed by atoms with Gasteiger partial charge < -0.3 is 24.7 Å². The van der Waals surface area contributed by atoms with Crippen LogP contribution in [0, 0.1) is 11.8 Å². The number of carbonyl (C=O) groups is 4. The molecule has 210 valence electrons. The van der Waals surface area contributed by atoms with Gasteiger partial charge in [-0.1, -0.05) is 32.1 Å². The average Bonchev–Trinajstić information content (AvgIpc) is 3.26. The first-order valence-corrected chi connectivity index (χ1v) is 13.4. The Labute approximate surface area is 223 Å². The molecule has 1 aliphatic carbocycles. The van der Waals surface area contributed by atoms with Crippen LogP contribution in [-0.4, -0.2) is 53.7 Å². The highest BCUT2D eigenvalue weighted by atomic mass is 16.6. The van der Waals surface area contributed by atoms with E-state index < -0.39 is 47.1 Å². The van der Waals surface area contributed by atoms with Crippen LogP contribution in [0.25, 0.3) is 0 Å². The minimum atomic E-state index is -1.03. The van der Waals surface area contributed by atoms with Crippen molar-refractivity contribution >= 4 is 29.6 Å². The fourth-order valence-electron chi connectivity index (χ4n) is 5.13. The number of carbonyl (C=O) groups excluding carboxylic acids is 4. The number of nitrogens with one attached hydrogen (secondary N) is 3. The Kier molecular flexibility index (Phi) is 9.93. The molecule has 0 bridgehead atoms. The lowest BCUT2D eigenvalue weighted by atomic mass is 9.84.